The van der Waals surface area contributed by atoms with Gasteiger partial charge in [0, 0.05) is 7.11 Å². The predicted molar refractivity (Wildman–Crippen MR) is 24.1 cm³/mol. The van der Waals surface area contributed by atoms with Crippen molar-refractivity contribution < 1.29 is 14.6 Å². The minimum atomic E-state index is -1.18. The number of carboxylic acids is 1. The third kappa shape index (κ3) is 10.7. The third-order valence-corrected chi connectivity index (χ3v) is 0.262. The van der Waals surface area contributed by atoms with Crippen molar-refractivity contribution in [3.8, 4) is 0 Å². The van der Waals surface area contributed by atoms with Gasteiger partial charge in [0.25, 0.3) is 0 Å². The van der Waals surface area contributed by atoms with E-state index in [2.05, 4.69) is 4.74 Å². The van der Waals surface area contributed by atoms with Gasteiger partial charge >= 0.3 is 0 Å². The Kier molecular flexibility index (Phi) is 8.06. The SMILES string of the molecule is COCC(=O)[O-].Cl. The first-order valence-corrected chi connectivity index (χ1v) is 1.46. The molecule has 0 saturated heterocycles. The highest BCUT2D eigenvalue weighted by Crippen LogP contribution is 1.57. The molecule has 0 aliphatic carbocycles. The molecule has 0 N–H and O–H groups in total. The van der Waals surface area contributed by atoms with Gasteiger partial charge in [0.15, 0.2) is 0 Å². The van der Waals surface area contributed by atoms with Crippen molar-refractivity contribution >= 4 is 18.4 Å². The van der Waals surface area contributed by atoms with Crippen LogP contribution in [0.2, 0.25) is 0 Å². The lowest BCUT2D eigenvalue weighted by Crippen LogP contribution is -2.26. The Morgan fingerprint density at radius 1 is 1.86 bits per heavy atom. The molecule has 0 aromatic heterocycles. The molecule has 0 aromatic rings. The van der Waals surface area contributed by atoms with Crippen molar-refractivity contribution in [2.24, 2.45) is 0 Å². The monoisotopic (exact) mass is 125 g/mol. The van der Waals surface area contributed by atoms with Gasteiger partial charge in [0.1, 0.15) is 0 Å². The van der Waals surface area contributed by atoms with Crippen molar-refractivity contribution in [1.29, 1.82) is 0 Å². The van der Waals surface area contributed by atoms with Crippen LogP contribution in [0.4, 0.5) is 0 Å². The molecule has 0 atom stereocenters. The fourth-order valence-corrected chi connectivity index (χ4v) is 0.118. The van der Waals surface area contributed by atoms with E-state index >= 15 is 0 Å². The number of rotatable bonds is 2. The van der Waals surface area contributed by atoms with E-state index in [9.17, 15) is 9.90 Å². The summed E-state index contributed by atoms with van der Waals surface area (Å²) in [5.74, 6) is -1.18. The highest BCUT2D eigenvalue weighted by Gasteiger charge is 1.74. The van der Waals surface area contributed by atoms with Gasteiger partial charge in [-0.05, 0) is 0 Å². The summed E-state index contributed by atoms with van der Waals surface area (Å²) in [6.45, 7) is -0.319. The Labute approximate surface area is 47.7 Å². The van der Waals surface area contributed by atoms with Crippen LogP contribution in [0, 0.1) is 0 Å². The number of halogens is 1. The van der Waals surface area contributed by atoms with Crippen LogP contribution in [0.3, 0.4) is 0 Å². The molecular formula is C3H6ClO3-. The summed E-state index contributed by atoms with van der Waals surface area (Å²) in [6.07, 6.45) is 0. The maximum Gasteiger partial charge on any atom is 0.0857 e. The van der Waals surface area contributed by atoms with Crippen molar-refractivity contribution in [2.45, 2.75) is 0 Å². The van der Waals surface area contributed by atoms with Crippen molar-refractivity contribution in [3.05, 3.63) is 0 Å². The molecule has 0 aliphatic rings. The zero-order valence-electron chi connectivity index (χ0n) is 3.84. The molecule has 0 saturated carbocycles. The van der Waals surface area contributed by atoms with Gasteiger partial charge in [-0.15, -0.1) is 12.4 Å². The molecule has 7 heavy (non-hydrogen) atoms. The molecule has 0 unspecified atom stereocenters. The Hall–Kier alpha value is -0.280. The fraction of sp³-hybridized carbons (Fsp3) is 0.667. The highest BCUT2D eigenvalue weighted by atomic mass is 35.5. The molecule has 0 bridgehead atoms. The fourth-order valence-electron chi connectivity index (χ4n) is 0.118. The van der Waals surface area contributed by atoms with E-state index in [0.29, 0.717) is 0 Å². The minimum Gasteiger partial charge on any atom is -0.548 e. The molecule has 0 aromatic carbocycles. The molecule has 0 heterocycles. The van der Waals surface area contributed by atoms with Gasteiger partial charge in [-0.25, -0.2) is 0 Å². The first-order chi connectivity index (χ1) is 2.77. The van der Waals surface area contributed by atoms with E-state index < -0.39 is 5.97 Å². The number of hydrogen-bond donors (Lipinski definition) is 0. The average Bonchev–Trinajstić information content (AvgIpc) is 1.35. The van der Waals surface area contributed by atoms with Crippen LogP contribution in [0.1, 0.15) is 0 Å². The largest absolute Gasteiger partial charge is 0.548 e. The average molecular weight is 126 g/mol. The van der Waals surface area contributed by atoms with E-state index in [-0.39, 0.29) is 19.0 Å². The number of carbonyl (C=O) groups is 1. The second-order valence-corrected chi connectivity index (χ2v) is 0.805. The van der Waals surface area contributed by atoms with Crippen LogP contribution in [0.5, 0.6) is 0 Å². The van der Waals surface area contributed by atoms with Crippen LogP contribution in [-0.2, 0) is 9.53 Å². The second-order valence-electron chi connectivity index (χ2n) is 0.805. The van der Waals surface area contributed by atoms with Crippen LogP contribution < -0.4 is 5.11 Å². The van der Waals surface area contributed by atoms with Crippen molar-refractivity contribution in [3.63, 3.8) is 0 Å². The van der Waals surface area contributed by atoms with E-state index in [1.165, 1.54) is 7.11 Å². The molecule has 0 fully saturated rings. The second kappa shape index (κ2) is 5.72. The summed E-state index contributed by atoms with van der Waals surface area (Å²) in [5.41, 5.74) is 0. The summed E-state index contributed by atoms with van der Waals surface area (Å²) in [4.78, 5) is 9.36. The number of carboxylic acid groups (broad SMARTS) is 1. The lowest BCUT2D eigenvalue weighted by molar-refractivity contribution is -0.309. The molecule has 0 spiro atoms. The normalized spacial score (nSPS) is 7.00. The van der Waals surface area contributed by atoms with Crippen LogP contribution >= 0.6 is 12.4 Å². The van der Waals surface area contributed by atoms with E-state index in [1.807, 2.05) is 0 Å². The van der Waals surface area contributed by atoms with Crippen LogP contribution in [0.15, 0.2) is 0 Å². The summed E-state index contributed by atoms with van der Waals surface area (Å²) >= 11 is 0. The first kappa shape index (κ1) is 9.87. The highest BCUT2D eigenvalue weighted by molar-refractivity contribution is 5.85. The van der Waals surface area contributed by atoms with Crippen molar-refractivity contribution in [1.82, 2.24) is 0 Å². The molecule has 0 radical (unpaired) electrons. The molecule has 0 amide bonds. The standard InChI is InChI=1S/C3H6O3.ClH/c1-6-2-3(4)5;/h2H2,1H3,(H,4,5);1H/p-1. The first-order valence-electron chi connectivity index (χ1n) is 1.46. The summed E-state index contributed by atoms with van der Waals surface area (Å²) in [5, 5.41) is 9.36. The quantitative estimate of drug-likeness (QED) is 0.466. The Morgan fingerprint density at radius 3 is 2.29 bits per heavy atom. The van der Waals surface area contributed by atoms with Gasteiger partial charge in [0.2, 0.25) is 0 Å². The molecule has 0 rings (SSSR count). The van der Waals surface area contributed by atoms with E-state index in [4.69, 9.17) is 0 Å². The number of aliphatic carboxylic acids is 1. The van der Waals surface area contributed by atoms with E-state index in [1.54, 1.807) is 0 Å². The van der Waals surface area contributed by atoms with Crippen molar-refractivity contribution in [2.75, 3.05) is 13.7 Å². The zero-order valence-corrected chi connectivity index (χ0v) is 4.66. The van der Waals surface area contributed by atoms with Crippen LogP contribution in [0.25, 0.3) is 0 Å². The third-order valence-electron chi connectivity index (χ3n) is 0.262. The Bertz CT molecular complexity index is 54.1. The molecule has 44 valence electrons. The lowest BCUT2D eigenvalue weighted by Gasteiger charge is -1.94. The van der Waals surface area contributed by atoms with E-state index in [0.717, 1.165) is 0 Å². The lowest BCUT2D eigenvalue weighted by atomic mass is 10.8. The minimum absolute atomic E-state index is 0. The van der Waals surface area contributed by atoms with Gasteiger partial charge in [-0.1, -0.05) is 0 Å². The smallest absolute Gasteiger partial charge is 0.0857 e. The molecule has 3 nitrogen and oxygen atoms in total. The summed E-state index contributed by atoms with van der Waals surface area (Å²) in [7, 11) is 1.30. The maximum atomic E-state index is 9.36. The molecular weight excluding hydrogens is 119 g/mol. The number of ether oxygens (including phenoxy) is 1. The number of hydrogen-bond acceptors (Lipinski definition) is 3. The van der Waals surface area contributed by atoms with Gasteiger partial charge < -0.3 is 14.6 Å². The molecule has 0 aliphatic heterocycles. The summed E-state index contributed by atoms with van der Waals surface area (Å²) in [6, 6.07) is 0. The zero-order chi connectivity index (χ0) is 4.99. The summed E-state index contributed by atoms with van der Waals surface area (Å²) < 4.78 is 4.14. The Morgan fingerprint density at radius 2 is 2.29 bits per heavy atom. The maximum absolute atomic E-state index is 9.36. The van der Waals surface area contributed by atoms with Gasteiger partial charge in [-0.3, -0.25) is 0 Å². The molecule has 4 heteroatoms. The predicted octanol–water partition coefficient (Wildman–Crippen LogP) is -1.20. The topological polar surface area (TPSA) is 49.4 Å². The Balaban J connectivity index is 0. The van der Waals surface area contributed by atoms with Gasteiger partial charge in [-0.2, -0.15) is 0 Å². The number of methoxy groups -OCH3 is 1. The van der Waals surface area contributed by atoms with Gasteiger partial charge in [0.05, 0.1) is 12.6 Å². The number of carbonyl (C=O) groups excluding carboxylic acids is 1. The van der Waals surface area contributed by atoms with Crippen LogP contribution in [-0.4, -0.2) is 19.7 Å².